The quantitative estimate of drug-likeness (QED) is 0.727. The molecule has 0 saturated heterocycles. The average molecular weight is 237 g/mol. The van der Waals surface area contributed by atoms with Gasteiger partial charge >= 0.3 is 0 Å². The minimum Gasteiger partial charge on any atom is -0.394 e. The normalized spacial score (nSPS) is 10.3. The summed E-state index contributed by atoms with van der Waals surface area (Å²) < 4.78 is 5.05. The zero-order valence-electron chi connectivity index (χ0n) is 10.3. The summed E-state index contributed by atoms with van der Waals surface area (Å²) >= 11 is 0. The lowest BCUT2D eigenvalue weighted by atomic mass is 10.1. The first-order valence-corrected chi connectivity index (χ1v) is 5.69. The molecule has 17 heavy (non-hydrogen) atoms. The number of rotatable bonds is 6. The van der Waals surface area contributed by atoms with Gasteiger partial charge in [0.15, 0.2) is 0 Å². The molecule has 0 aromatic heterocycles. The molecule has 1 amide bonds. The van der Waals surface area contributed by atoms with Crippen molar-refractivity contribution in [3.63, 3.8) is 0 Å². The third kappa shape index (κ3) is 4.54. The van der Waals surface area contributed by atoms with E-state index in [0.717, 1.165) is 5.56 Å². The van der Waals surface area contributed by atoms with Crippen molar-refractivity contribution in [3.8, 4) is 0 Å². The molecule has 0 atom stereocenters. The molecule has 4 heteroatoms. The maximum absolute atomic E-state index is 11.7. The highest BCUT2D eigenvalue weighted by Crippen LogP contribution is 2.09. The van der Waals surface area contributed by atoms with Crippen LogP contribution in [0, 0.1) is 13.8 Å². The van der Waals surface area contributed by atoms with Gasteiger partial charge in [-0.05, 0) is 37.1 Å². The van der Waals surface area contributed by atoms with Crippen molar-refractivity contribution >= 4 is 5.91 Å². The summed E-state index contributed by atoms with van der Waals surface area (Å²) in [6, 6.07) is 5.62. The molecule has 0 heterocycles. The fourth-order valence-electron chi connectivity index (χ4n) is 1.39. The number of hydrogen-bond acceptors (Lipinski definition) is 3. The number of ether oxygens (including phenoxy) is 1. The summed E-state index contributed by atoms with van der Waals surface area (Å²) in [5.41, 5.74) is 2.94. The van der Waals surface area contributed by atoms with Crippen LogP contribution in [0.2, 0.25) is 0 Å². The molecular weight excluding hydrogens is 218 g/mol. The van der Waals surface area contributed by atoms with E-state index in [2.05, 4.69) is 5.32 Å². The molecule has 4 nitrogen and oxygen atoms in total. The standard InChI is InChI=1S/C13H19NO3/c1-10-3-4-12(9-11(10)2)13(16)14-5-7-17-8-6-15/h3-4,9,15H,5-8H2,1-2H3,(H,14,16). The Morgan fingerprint density at radius 1 is 1.29 bits per heavy atom. The molecule has 0 aliphatic rings. The molecule has 0 spiro atoms. The minimum absolute atomic E-state index is 0.00506. The van der Waals surface area contributed by atoms with E-state index in [1.807, 2.05) is 32.0 Å². The largest absolute Gasteiger partial charge is 0.394 e. The van der Waals surface area contributed by atoms with E-state index in [1.54, 1.807) is 0 Å². The maximum Gasteiger partial charge on any atom is 0.251 e. The third-order valence-electron chi connectivity index (χ3n) is 2.54. The van der Waals surface area contributed by atoms with Crippen molar-refractivity contribution in [2.45, 2.75) is 13.8 Å². The van der Waals surface area contributed by atoms with Gasteiger partial charge in [0.05, 0.1) is 19.8 Å². The minimum atomic E-state index is -0.0966. The van der Waals surface area contributed by atoms with Crippen molar-refractivity contribution in [2.24, 2.45) is 0 Å². The number of aliphatic hydroxyl groups excluding tert-OH is 1. The van der Waals surface area contributed by atoms with E-state index in [1.165, 1.54) is 5.56 Å². The monoisotopic (exact) mass is 237 g/mol. The van der Waals surface area contributed by atoms with E-state index >= 15 is 0 Å². The third-order valence-corrected chi connectivity index (χ3v) is 2.54. The van der Waals surface area contributed by atoms with Crippen molar-refractivity contribution in [3.05, 3.63) is 34.9 Å². The van der Waals surface area contributed by atoms with E-state index in [0.29, 0.717) is 25.3 Å². The maximum atomic E-state index is 11.7. The Morgan fingerprint density at radius 3 is 2.71 bits per heavy atom. The fourth-order valence-corrected chi connectivity index (χ4v) is 1.39. The lowest BCUT2D eigenvalue weighted by molar-refractivity contribution is 0.0838. The van der Waals surface area contributed by atoms with Crippen LogP contribution in [0.4, 0.5) is 0 Å². The Balaban J connectivity index is 2.39. The second kappa shape index (κ2) is 7.04. The molecular formula is C13H19NO3. The number of hydrogen-bond donors (Lipinski definition) is 2. The Bertz CT molecular complexity index is 377. The molecule has 1 rings (SSSR count). The first kappa shape index (κ1) is 13.7. The highest BCUT2D eigenvalue weighted by Gasteiger charge is 2.05. The van der Waals surface area contributed by atoms with Gasteiger partial charge in [0.25, 0.3) is 5.91 Å². The highest BCUT2D eigenvalue weighted by atomic mass is 16.5. The first-order valence-electron chi connectivity index (χ1n) is 5.69. The predicted molar refractivity (Wildman–Crippen MR) is 66.2 cm³/mol. The second-order valence-electron chi connectivity index (χ2n) is 3.89. The summed E-state index contributed by atoms with van der Waals surface area (Å²) in [6.45, 7) is 5.17. The van der Waals surface area contributed by atoms with Gasteiger partial charge in [0, 0.05) is 12.1 Å². The molecule has 1 aromatic rings. The highest BCUT2D eigenvalue weighted by molar-refractivity contribution is 5.94. The van der Waals surface area contributed by atoms with Crippen LogP contribution in [0.3, 0.4) is 0 Å². The van der Waals surface area contributed by atoms with E-state index in [-0.39, 0.29) is 12.5 Å². The van der Waals surface area contributed by atoms with Crippen molar-refractivity contribution in [2.75, 3.05) is 26.4 Å². The number of benzene rings is 1. The number of nitrogens with one attached hydrogen (secondary N) is 1. The Labute approximate surface area is 102 Å². The molecule has 0 fully saturated rings. The first-order chi connectivity index (χ1) is 8.15. The van der Waals surface area contributed by atoms with E-state index < -0.39 is 0 Å². The molecule has 2 N–H and O–H groups in total. The van der Waals surface area contributed by atoms with Gasteiger partial charge in [0.2, 0.25) is 0 Å². The lowest BCUT2D eigenvalue weighted by Crippen LogP contribution is -2.27. The van der Waals surface area contributed by atoms with E-state index in [9.17, 15) is 4.79 Å². The summed E-state index contributed by atoms with van der Waals surface area (Å²) in [5, 5.41) is 11.3. The zero-order chi connectivity index (χ0) is 12.7. The predicted octanol–water partition coefficient (Wildman–Crippen LogP) is 1.04. The van der Waals surface area contributed by atoms with Gasteiger partial charge in [-0.25, -0.2) is 0 Å². The van der Waals surface area contributed by atoms with Crippen LogP contribution in [0.1, 0.15) is 21.5 Å². The van der Waals surface area contributed by atoms with Gasteiger partial charge in [-0.1, -0.05) is 6.07 Å². The van der Waals surface area contributed by atoms with Crippen molar-refractivity contribution in [1.82, 2.24) is 5.32 Å². The van der Waals surface area contributed by atoms with E-state index in [4.69, 9.17) is 9.84 Å². The van der Waals surface area contributed by atoms with Gasteiger partial charge in [0.1, 0.15) is 0 Å². The zero-order valence-corrected chi connectivity index (χ0v) is 10.3. The van der Waals surface area contributed by atoms with Crippen LogP contribution in [-0.4, -0.2) is 37.4 Å². The van der Waals surface area contributed by atoms with Gasteiger partial charge in [-0.15, -0.1) is 0 Å². The Kier molecular flexibility index (Phi) is 5.66. The molecule has 0 radical (unpaired) electrons. The van der Waals surface area contributed by atoms with Crippen LogP contribution in [0.25, 0.3) is 0 Å². The molecule has 94 valence electrons. The summed E-state index contributed by atoms with van der Waals surface area (Å²) in [5.74, 6) is -0.0966. The van der Waals surface area contributed by atoms with Crippen LogP contribution in [0.15, 0.2) is 18.2 Å². The number of carbonyl (C=O) groups excluding carboxylic acids is 1. The van der Waals surface area contributed by atoms with Gasteiger partial charge < -0.3 is 15.2 Å². The van der Waals surface area contributed by atoms with Crippen LogP contribution >= 0.6 is 0 Å². The number of carbonyl (C=O) groups is 1. The van der Waals surface area contributed by atoms with Gasteiger partial charge in [-0.2, -0.15) is 0 Å². The van der Waals surface area contributed by atoms with Gasteiger partial charge in [-0.3, -0.25) is 4.79 Å². The number of aliphatic hydroxyl groups is 1. The second-order valence-corrected chi connectivity index (χ2v) is 3.89. The SMILES string of the molecule is Cc1ccc(C(=O)NCCOCCO)cc1C. The lowest BCUT2D eigenvalue weighted by Gasteiger charge is -2.07. The van der Waals surface area contributed by atoms with Crippen LogP contribution < -0.4 is 5.32 Å². The molecule has 0 bridgehead atoms. The molecule has 0 unspecified atom stereocenters. The topological polar surface area (TPSA) is 58.6 Å². The van der Waals surface area contributed by atoms with Crippen molar-refractivity contribution < 1.29 is 14.6 Å². The molecule has 0 aliphatic heterocycles. The van der Waals surface area contributed by atoms with Crippen LogP contribution in [0.5, 0.6) is 0 Å². The molecule has 0 saturated carbocycles. The molecule has 0 aliphatic carbocycles. The Morgan fingerprint density at radius 2 is 2.06 bits per heavy atom. The Hall–Kier alpha value is -1.39. The molecule has 1 aromatic carbocycles. The van der Waals surface area contributed by atoms with Crippen LogP contribution in [-0.2, 0) is 4.74 Å². The fraction of sp³-hybridized carbons (Fsp3) is 0.462. The number of aryl methyl sites for hydroxylation is 2. The van der Waals surface area contributed by atoms with Crippen molar-refractivity contribution in [1.29, 1.82) is 0 Å². The summed E-state index contributed by atoms with van der Waals surface area (Å²) in [4.78, 5) is 11.7. The number of amides is 1. The summed E-state index contributed by atoms with van der Waals surface area (Å²) in [6.07, 6.45) is 0. The summed E-state index contributed by atoms with van der Waals surface area (Å²) in [7, 11) is 0. The average Bonchev–Trinajstić information content (AvgIpc) is 2.32. The smallest absolute Gasteiger partial charge is 0.251 e.